The Hall–Kier alpha value is -2.61. The summed E-state index contributed by atoms with van der Waals surface area (Å²) in [6.45, 7) is 8.42. The summed E-state index contributed by atoms with van der Waals surface area (Å²) >= 11 is 0. The second-order valence-corrected chi connectivity index (χ2v) is 8.93. The molecule has 8 heteroatoms. The van der Waals surface area contributed by atoms with Gasteiger partial charge in [0.1, 0.15) is 6.10 Å². The van der Waals surface area contributed by atoms with E-state index >= 15 is 0 Å². The molecule has 0 radical (unpaired) electrons. The Bertz CT molecular complexity index is 870. The first-order valence-corrected chi connectivity index (χ1v) is 12.1. The van der Waals surface area contributed by atoms with Crippen molar-refractivity contribution in [3.63, 3.8) is 0 Å². The van der Waals surface area contributed by atoms with Gasteiger partial charge in [-0.3, -0.25) is 9.59 Å². The average Bonchev–Trinajstić information content (AvgIpc) is 2.82. The molecule has 1 aliphatic carbocycles. The Labute approximate surface area is 201 Å². The van der Waals surface area contributed by atoms with E-state index in [2.05, 4.69) is 4.74 Å². The molecule has 3 aliphatic rings. The second-order valence-electron chi connectivity index (χ2n) is 8.93. The van der Waals surface area contributed by atoms with Crippen molar-refractivity contribution in [2.45, 2.75) is 65.8 Å². The number of carbonyl (C=O) groups excluding carboxylic acids is 3. The summed E-state index contributed by atoms with van der Waals surface area (Å²) in [6, 6.07) is 0. The van der Waals surface area contributed by atoms with Crippen molar-refractivity contribution in [3.8, 4) is 0 Å². The van der Waals surface area contributed by atoms with Crippen molar-refractivity contribution >= 4 is 17.9 Å². The molecule has 34 heavy (non-hydrogen) atoms. The molecule has 3 rings (SSSR count). The maximum absolute atomic E-state index is 13.3. The van der Waals surface area contributed by atoms with E-state index in [1.165, 1.54) is 13.2 Å². The van der Waals surface area contributed by atoms with Crippen LogP contribution in [0.4, 0.5) is 0 Å². The second kappa shape index (κ2) is 11.7. The lowest BCUT2D eigenvalue weighted by molar-refractivity contribution is -0.169. The van der Waals surface area contributed by atoms with E-state index in [0.717, 1.165) is 23.1 Å². The van der Waals surface area contributed by atoms with Crippen LogP contribution in [0.15, 0.2) is 35.1 Å². The zero-order valence-corrected chi connectivity index (χ0v) is 20.7. The van der Waals surface area contributed by atoms with E-state index in [-0.39, 0.29) is 30.7 Å². The van der Waals surface area contributed by atoms with Crippen molar-refractivity contribution in [2.75, 3.05) is 20.3 Å². The molecular formula is C26H36O8. The number of cyclic esters (lactones) is 1. The number of carbonyl (C=O) groups is 3. The summed E-state index contributed by atoms with van der Waals surface area (Å²) in [7, 11) is 1.34. The van der Waals surface area contributed by atoms with Crippen LogP contribution in [0.3, 0.4) is 0 Å². The predicted molar refractivity (Wildman–Crippen MR) is 123 cm³/mol. The van der Waals surface area contributed by atoms with Crippen molar-refractivity contribution in [1.82, 2.24) is 0 Å². The number of hydrogen-bond acceptors (Lipinski definition) is 8. The average molecular weight is 477 g/mol. The summed E-state index contributed by atoms with van der Waals surface area (Å²) in [5.74, 6) is -2.61. The summed E-state index contributed by atoms with van der Waals surface area (Å²) in [5, 5.41) is 0. The number of fused-ring (bicyclic) bond motifs is 3. The smallest absolute Gasteiger partial charge is 0.330 e. The summed E-state index contributed by atoms with van der Waals surface area (Å²) in [5.41, 5.74) is 2.75. The Kier molecular flexibility index (Phi) is 8.94. The number of unbranched alkanes of at least 4 members (excludes halogenated alkanes) is 1. The van der Waals surface area contributed by atoms with E-state index in [1.54, 1.807) is 19.3 Å². The third-order valence-corrected chi connectivity index (χ3v) is 7.00. The van der Waals surface area contributed by atoms with Crippen LogP contribution in [0, 0.1) is 23.7 Å². The number of hydrogen-bond donors (Lipinski definition) is 0. The summed E-state index contributed by atoms with van der Waals surface area (Å²) in [6.07, 6.45) is 6.69. The molecule has 2 aliphatic heterocycles. The number of allylic oxidation sites excluding steroid dienone is 2. The molecular weight excluding hydrogens is 440 g/mol. The lowest BCUT2D eigenvalue weighted by Crippen LogP contribution is -2.50. The van der Waals surface area contributed by atoms with Crippen molar-refractivity contribution in [1.29, 1.82) is 0 Å². The summed E-state index contributed by atoms with van der Waals surface area (Å²) < 4.78 is 27.4. The van der Waals surface area contributed by atoms with Gasteiger partial charge in [-0.05, 0) is 68.6 Å². The molecule has 0 spiro atoms. The first-order chi connectivity index (χ1) is 16.3. The van der Waals surface area contributed by atoms with Gasteiger partial charge in [-0.15, -0.1) is 0 Å². The highest BCUT2D eigenvalue weighted by molar-refractivity contribution is 5.88. The van der Waals surface area contributed by atoms with Gasteiger partial charge in [0.15, 0.2) is 6.29 Å². The predicted octanol–water partition coefficient (Wildman–Crippen LogP) is 3.86. The molecule has 8 nitrogen and oxygen atoms in total. The minimum absolute atomic E-state index is 0.00967. The van der Waals surface area contributed by atoms with E-state index in [0.29, 0.717) is 25.9 Å². The standard InChI is InChI=1S/C26H36O8/c1-6-31-21-13-17-15(3)23(25(28)32-7-2)24-22(18(17)14-33-21)16(4)19(34-26(24)29)11-9-8-10-12-20(27)30-5/h10,12,14-15,17,19,21,23-24H,6-9,11,13H2,1-5H3/b12-10+/t15-,17-,19?,21+,23-,24-/m0/s1. The van der Waals surface area contributed by atoms with Crippen molar-refractivity contribution in [3.05, 3.63) is 35.1 Å². The monoisotopic (exact) mass is 476 g/mol. The third-order valence-electron chi connectivity index (χ3n) is 7.00. The molecule has 1 fully saturated rings. The van der Waals surface area contributed by atoms with Crippen molar-refractivity contribution < 1.29 is 38.1 Å². The van der Waals surface area contributed by atoms with Crippen LogP contribution in [0.1, 0.15) is 53.4 Å². The highest BCUT2D eigenvalue weighted by Gasteiger charge is 2.55. The fourth-order valence-electron chi connectivity index (χ4n) is 5.34. The van der Waals surface area contributed by atoms with Crippen LogP contribution in [0.2, 0.25) is 0 Å². The number of ether oxygens (including phenoxy) is 5. The molecule has 1 saturated carbocycles. The fourth-order valence-corrected chi connectivity index (χ4v) is 5.34. The Morgan fingerprint density at radius 3 is 2.68 bits per heavy atom. The number of esters is 3. The van der Waals surface area contributed by atoms with E-state index in [4.69, 9.17) is 18.9 Å². The van der Waals surface area contributed by atoms with Crippen LogP contribution >= 0.6 is 0 Å². The molecule has 0 aromatic carbocycles. The maximum atomic E-state index is 13.3. The molecule has 6 atom stereocenters. The zero-order chi connectivity index (χ0) is 24.8. The lowest BCUT2D eigenvalue weighted by atomic mass is 9.59. The zero-order valence-electron chi connectivity index (χ0n) is 20.7. The summed E-state index contributed by atoms with van der Waals surface area (Å²) in [4.78, 5) is 37.5. The van der Waals surface area contributed by atoms with E-state index < -0.39 is 29.9 Å². The maximum Gasteiger partial charge on any atom is 0.330 e. The van der Waals surface area contributed by atoms with Gasteiger partial charge in [0.2, 0.25) is 0 Å². The quantitative estimate of drug-likeness (QED) is 0.214. The number of methoxy groups -OCH3 is 1. The van der Waals surface area contributed by atoms with Crippen molar-refractivity contribution in [2.24, 2.45) is 23.7 Å². The first-order valence-electron chi connectivity index (χ1n) is 12.1. The molecule has 0 bridgehead atoms. The van der Waals surface area contributed by atoms with E-state index in [9.17, 15) is 14.4 Å². The molecule has 0 saturated heterocycles. The van der Waals surface area contributed by atoms with Crippen LogP contribution in [-0.4, -0.2) is 50.6 Å². The highest BCUT2D eigenvalue weighted by atomic mass is 16.7. The highest BCUT2D eigenvalue weighted by Crippen LogP contribution is 2.53. The van der Waals surface area contributed by atoms with Gasteiger partial charge in [-0.2, -0.15) is 0 Å². The largest absolute Gasteiger partial charge is 0.472 e. The lowest BCUT2D eigenvalue weighted by Gasteiger charge is -2.48. The molecule has 2 heterocycles. The molecule has 0 amide bonds. The Balaban J connectivity index is 1.91. The van der Waals surface area contributed by atoms with Gasteiger partial charge < -0.3 is 23.7 Å². The minimum Gasteiger partial charge on any atom is -0.472 e. The SMILES string of the molecule is CCOC(=O)[C@@H]1[C@H]2C(=O)OC(CCC/C=C/C(=O)OC)C(C)=C2C2=CO[C@@H](OCC)C[C@H]2[C@@H]1C. The minimum atomic E-state index is -0.709. The fraction of sp³-hybridized carbons (Fsp3) is 0.654. The van der Waals surface area contributed by atoms with Gasteiger partial charge in [0, 0.05) is 19.1 Å². The Morgan fingerprint density at radius 2 is 2.00 bits per heavy atom. The van der Waals surface area contributed by atoms with Crippen LogP contribution < -0.4 is 0 Å². The van der Waals surface area contributed by atoms with Gasteiger partial charge in [0.05, 0.1) is 31.8 Å². The molecule has 0 N–H and O–H groups in total. The molecule has 0 aromatic rings. The van der Waals surface area contributed by atoms with E-state index in [1.807, 2.05) is 20.8 Å². The first kappa shape index (κ1) is 26.0. The van der Waals surface area contributed by atoms with Crippen LogP contribution in [-0.2, 0) is 38.1 Å². The van der Waals surface area contributed by atoms with Crippen LogP contribution in [0.25, 0.3) is 0 Å². The van der Waals surface area contributed by atoms with Gasteiger partial charge >= 0.3 is 17.9 Å². The Morgan fingerprint density at radius 1 is 1.24 bits per heavy atom. The molecule has 188 valence electrons. The van der Waals surface area contributed by atoms with Gasteiger partial charge in [0.25, 0.3) is 0 Å². The van der Waals surface area contributed by atoms with Crippen LogP contribution in [0.5, 0.6) is 0 Å². The van der Waals surface area contributed by atoms with Gasteiger partial charge in [-0.25, -0.2) is 4.79 Å². The topological polar surface area (TPSA) is 97.4 Å². The third kappa shape index (κ3) is 5.37. The normalized spacial score (nSPS) is 30.6. The molecule has 0 aromatic heterocycles. The number of rotatable bonds is 9. The molecule has 1 unspecified atom stereocenters. The van der Waals surface area contributed by atoms with Gasteiger partial charge in [-0.1, -0.05) is 13.0 Å².